The number of anilines is 1. The molecule has 7 nitrogen and oxygen atoms in total. The maximum atomic E-state index is 12.8. The van der Waals surface area contributed by atoms with Crippen molar-refractivity contribution in [1.29, 1.82) is 0 Å². The minimum atomic E-state index is -0.0716. The number of hydrogen-bond acceptors (Lipinski definition) is 6. The van der Waals surface area contributed by atoms with Crippen LogP contribution in [0.15, 0.2) is 42.5 Å². The van der Waals surface area contributed by atoms with Gasteiger partial charge in [0, 0.05) is 58.0 Å². The largest absolute Gasteiger partial charge is 0.381 e. The molecule has 1 aromatic carbocycles. The van der Waals surface area contributed by atoms with Crippen LogP contribution in [-0.2, 0) is 11.3 Å². The molecule has 4 heterocycles. The number of nitrogens with zero attached hydrogens (tertiary/aromatic N) is 4. The zero-order valence-electron chi connectivity index (χ0n) is 21.7. The fourth-order valence-electron chi connectivity index (χ4n) is 5.83. The van der Waals surface area contributed by atoms with Gasteiger partial charge in [-0.25, -0.2) is 4.98 Å². The summed E-state index contributed by atoms with van der Waals surface area (Å²) in [5.41, 5.74) is 3.37. The van der Waals surface area contributed by atoms with Crippen LogP contribution < -0.4 is 10.2 Å². The van der Waals surface area contributed by atoms with Gasteiger partial charge in [-0.1, -0.05) is 30.3 Å². The molecule has 0 radical (unpaired) electrons. The Balaban J connectivity index is 1.12. The van der Waals surface area contributed by atoms with Crippen LogP contribution in [-0.4, -0.2) is 85.3 Å². The lowest BCUT2D eigenvalue weighted by molar-refractivity contribution is 0.0694. The summed E-state index contributed by atoms with van der Waals surface area (Å²) in [7, 11) is 0. The van der Waals surface area contributed by atoms with E-state index < -0.39 is 0 Å². The molecular formula is C29H41N5O2. The van der Waals surface area contributed by atoms with Gasteiger partial charge in [-0.3, -0.25) is 14.6 Å². The second-order valence-corrected chi connectivity index (χ2v) is 10.6. The maximum absolute atomic E-state index is 12.8. The minimum absolute atomic E-state index is 0.0716. The summed E-state index contributed by atoms with van der Waals surface area (Å²) in [4.78, 5) is 25.2. The van der Waals surface area contributed by atoms with Gasteiger partial charge in [0.1, 0.15) is 11.5 Å². The fraction of sp³-hybridized carbons (Fsp3) is 0.586. The van der Waals surface area contributed by atoms with Crippen LogP contribution in [0, 0.1) is 6.92 Å². The van der Waals surface area contributed by atoms with E-state index in [4.69, 9.17) is 9.72 Å². The summed E-state index contributed by atoms with van der Waals surface area (Å²) < 4.78 is 5.40. The van der Waals surface area contributed by atoms with Gasteiger partial charge in [0.2, 0.25) is 0 Å². The van der Waals surface area contributed by atoms with E-state index in [0.717, 1.165) is 57.8 Å². The van der Waals surface area contributed by atoms with E-state index >= 15 is 0 Å². The number of hydrogen-bond donors (Lipinski definition) is 1. The Kier molecular flexibility index (Phi) is 8.51. The first-order chi connectivity index (χ1) is 17.7. The summed E-state index contributed by atoms with van der Waals surface area (Å²) in [5.74, 6) is 0.849. The van der Waals surface area contributed by atoms with E-state index in [2.05, 4.69) is 51.2 Å². The van der Waals surface area contributed by atoms with Crippen LogP contribution in [0.25, 0.3) is 0 Å². The summed E-state index contributed by atoms with van der Waals surface area (Å²) >= 11 is 0. The average molecular weight is 492 g/mol. The van der Waals surface area contributed by atoms with Crippen LogP contribution in [0.3, 0.4) is 0 Å². The van der Waals surface area contributed by atoms with Crippen LogP contribution >= 0.6 is 0 Å². The SMILES string of the molecule is Cc1ccccc1CN1CCC(N2CCCN(c3cccc(C(=O)NC4CCOCC4)n3)CC2)CC1. The van der Waals surface area contributed by atoms with E-state index in [9.17, 15) is 4.79 Å². The van der Waals surface area contributed by atoms with Crippen LogP contribution in [0.4, 0.5) is 5.82 Å². The third-order valence-corrected chi connectivity index (χ3v) is 8.11. The van der Waals surface area contributed by atoms with E-state index in [1.54, 1.807) is 0 Å². The Bertz CT molecular complexity index is 1000. The lowest BCUT2D eigenvalue weighted by atomic mass is 10.0. The number of piperidine rings is 1. The number of rotatable bonds is 6. The Morgan fingerprint density at radius 2 is 1.75 bits per heavy atom. The van der Waals surface area contributed by atoms with Gasteiger partial charge >= 0.3 is 0 Å². The molecule has 0 saturated carbocycles. The van der Waals surface area contributed by atoms with Gasteiger partial charge < -0.3 is 15.0 Å². The van der Waals surface area contributed by atoms with Crippen molar-refractivity contribution in [3.05, 3.63) is 59.3 Å². The zero-order valence-corrected chi connectivity index (χ0v) is 21.7. The molecule has 3 fully saturated rings. The van der Waals surface area contributed by atoms with E-state index in [1.165, 1.54) is 37.1 Å². The van der Waals surface area contributed by atoms with E-state index in [0.29, 0.717) is 24.9 Å². The highest BCUT2D eigenvalue weighted by Gasteiger charge is 2.27. The molecule has 0 spiro atoms. The van der Waals surface area contributed by atoms with Gasteiger partial charge in [-0.05, 0) is 75.4 Å². The molecule has 0 bridgehead atoms. The summed E-state index contributed by atoms with van der Waals surface area (Å²) in [6, 6.07) is 15.5. The van der Waals surface area contributed by atoms with Crippen molar-refractivity contribution < 1.29 is 9.53 Å². The van der Waals surface area contributed by atoms with Crippen LogP contribution in [0.1, 0.15) is 53.7 Å². The molecule has 0 aliphatic carbocycles. The monoisotopic (exact) mass is 491 g/mol. The Morgan fingerprint density at radius 3 is 2.56 bits per heavy atom. The number of amides is 1. The van der Waals surface area contributed by atoms with Gasteiger partial charge in [-0.2, -0.15) is 0 Å². The lowest BCUT2D eigenvalue weighted by Crippen LogP contribution is -2.46. The minimum Gasteiger partial charge on any atom is -0.381 e. The van der Waals surface area contributed by atoms with E-state index in [-0.39, 0.29) is 11.9 Å². The number of aromatic nitrogens is 1. The molecule has 36 heavy (non-hydrogen) atoms. The standard InChI is InChI=1S/C29H41N5O2/c1-23-6-2-3-7-24(23)22-32-16-10-26(11-17-32)33-14-5-15-34(19-18-33)28-9-4-8-27(31-28)29(35)30-25-12-20-36-21-13-25/h2-4,6-9,25-26H,5,10-22H2,1H3,(H,30,35). The number of likely N-dealkylation sites (tertiary alicyclic amines) is 1. The molecule has 2 aromatic rings. The molecule has 0 unspecified atom stereocenters. The first-order valence-electron chi connectivity index (χ1n) is 13.8. The Morgan fingerprint density at radius 1 is 0.944 bits per heavy atom. The third kappa shape index (κ3) is 6.44. The molecule has 1 amide bonds. The second-order valence-electron chi connectivity index (χ2n) is 10.6. The highest BCUT2D eigenvalue weighted by atomic mass is 16.5. The van der Waals surface area contributed by atoms with Gasteiger partial charge in [0.25, 0.3) is 5.91 Å². The van der Waals surface area contributed by atoms with Crippen molar-refractivity contribution >= 4 is 11.7 Å². The topological polar surface area (TPSA) is 60.9 Å². The first kappa shape index (κ1) is 25.2. The fourth-order valence-corrected chi connectivity index (χ4v) is 5.83. The number of benzene rings is 1. The highest BCUT2D eigenvalue weighted by molar-refractivity contribution is 5.92. The molecule has 5 rings (SSSR count). The molecule has 194 valence electrons. The van der Waals surface area contributed by atoms with Crippen LogP contribution in [0.5, 0.6) is 0 Å². The Hall–Kier alpha value is -2.48. The summed E-state index contributed by atoms with van der Waals surface area (Å²) in [6.45, 7) is 11.2. The molecule has 1 N–H and O–H groups in total. The van der Waals surface area contributed by atoms with Gasteiger partial charge in [0.15, 0.2) is 0 Å². The van der Waals surface area contributed by atoms with Crippen LogP contribution in [0.2, 0.25) is 0 Å². The van der Waals surface area contributed by atoms with Crippen molar-refractivity contribution in [2.45, 2.75) is 57.7 Å². The van der Waals surface area contributed by atoms with Gasteiger partial charge in [0.05, 0.1) is 0 Å². The van der Waals surface area contributed by atoms with Crippen molar-refractivity contribution in [3.63, 3.8) is 0 Å². The molecule has 3 saturated heterocycles. The number of carbonyl (C=O) groups excluding carboxylic acids is 1. The smallest absolute Gasteiger partial charge is 0.270 e. The first-order valence-corrected chi connectivity index (χ1v) is 13.8. The maximum Gasteiger partial charge on any atom is 0.270 e. The normalized spacial score (nSPS) is 21.3. The second kappa shape index (κ2) is 12.2. The van der Waals surface area contributed by atoms with Crippen molar-refractivity contribution in [2.75, 3.05) is 57.4 Å². The molecule has 3 aliphatic heterocycles. The van der Waals surface area contributed by atoms with Crippen molar-refractivity contribution in [3.8, 4) is 0 Å². The molecule has 7 heteroatoms. The number of carbonyl (C=O) groups is 1. The number of ether oxygens (including phenoxy) is 1. The Labute approximate surface area is 215 Å². The predicted octanol–water partition coefficient (Wildman–Crippen LogP) is 3.48. The molecule has 3 aliphatic rings. The number of nitrogens with one attached hydrogen (secondary N) is 1. The highest BCUT2D eigenvalue weighted by Crippen LogP contribution is 2.22. The summed E-state index contributed by atoms with van der Waals surface area (Å²) in [6.07, 6.45) is 5.36. The lowest BCUT2D eigenvalue weighted by Gasteiger charge is -2.38. The third-order valence-electron chi connectivity index (χ3n) is 8.11. The summed E-state index contributed by atoms with van der Waals surface area (Å²) in [5, 5.41) is 3.14. The molecule has 0 atom stereocenters. The van der Waals surface area contributed by atoms with E-state index in [1.807, 2.05) is 18.2 Å². The molecular weight excluding hydrogens is 450 g/mol. The van der Waals surface area contributed by atoms with Crippen molar-refractivity contribution in [1.82, 2.24) is 20.1 Å². The molecule has 1 aromatic heterocycles. The number of aryl methyl sites for hydroxylation is 1. The number of pyridine rings is 1. The zero-order chi connectivity index (χ0) is 24.7. The van der Waals surface area contributed by atoms with Crippen molar-refractivity contribution in [2.24, 2.45) is 0 Å². The quantitative estimate of drug-likeness (QED) is 0.668. The van der Waals surface area contributed by atoms with Gasteiger partial charge in [-0.15, -0.1) is 0 Å². The predicted molar refractivity (Wildman–Crippen MR) is 143 cm³/mol. The average Bonchev–Trinajstić information content (AvgIpc) is 3.18.